The minimum Gasteiger partial charge on any atom is -0.480 e. The summed E-state index contributed by atoms with van der Waals surface area (Å²) in [5.41, 5.74) is 0. The molecule has 1 aliphatic carbocycles. The van der Waals surface area contributed by atoms with Crippen LogP contribution >= 0.6 is 0 Å². The summed E-state index contributed by atoms with van der Waals surface area (Å²) < 4.78 is 10.9. The second-order valence-corrected chi connectivity index (χ2v) is 6.16. The molecule has 0 radical (unpaired) electrons. The molecule has 0 spiro atoms. The molecule has 24 heavy (non-hydrogen) atoms. The molecule has 2 N–H and O–H groups in total. The molecule has 0 bridgehead atoms. The highest BCUT2D eigenvalue weighted by Crippen LogP contribution is 2.23. The minimum absolute atomic E-state index is 0.0494. The first-order chi connectivity index (χ1) is 11.6. The summed E-state index contributed by atoms with van der Waals surface area (Å²) in [6.45, 7) is 0. The lowest BCUT2D eigenvalue weighted by atomic mass is 9.92. The molecule has 1 aromatic rings. The lowest BCUT2D eigenvalue weighted by Gasteiger charge is -2.29. The molecule has 130 valence electrons. The van der Waals surface area contributed by atoms with Crippen LogP contribution in [0.3, 0.4) is 0 Å². The van der Waals surface area contributed by atoms with Gasteiger partial charge in [0.1, 0.15) is 12.1 Å². The van der Waals surface area contributed by atoms with Gasteiger partial charge in [-0.25, -0.2) is 0 Å². The van der Waals surface area contributed by atoms with Crippen LogP contribution < -0.4 is 20.1 Å². The maximum absolute atomic E-state index is 12.1. The molecule has 1 saturated heterocycles. The molecule has 1 aromatic heterocycles. The number of amides is 2. The zero-order valence-corrected chi connectivity index (χ0v) is 13.7. The van der Waals surface area contributed by atoms with Crippen LogP contribution in [-0.4, -0.2) is 47.1 Å². The number of rotatable bonds is 5. The highest BCUT2D eigenvalue weighted by molar-refractivity contribution is 5.90. The van der Waals surface area contributed by atoms with E-state index in [1.165, 1.54) is 13.3 Å². The van der Waals surface area contributed by atoms with Gasteiger partial charge in [-0.15, -0.1) is 0 Å². The van der Waals surface area contributed by atoms with E-state index < -0.39 is 0 Å². The number of hydrogen-bond donors (Lipinski definition) is 2. The first-order valence-corrected chi connectivity index (χ1v) is 8.26. The third kappa shape index (κ3) is 4.12. The monoisotopic (exact) mass is 334 g/mol. The van der Waals surface area contributed by atoms with Gasteiger partial charge in [-0.3, -0.25) is 14.6 Å². The smallest absolute Gasteiger partial charge is 0.242 e. The maximum Gasteiger partial charge on any atom is 0.242 e. The molecule has 8 nitrogen and oxygen atoms in total. The number of carbonyl (C=O) groups excluding carboxylic acids is 2. The van der Waals surface area contributed by atoms with E-state index in [0.29, 0.717) is 24.6 Å². The number of methoxy groups -OCH3 is 1. The molecule has 8 heteroatoms. The molecule has 1 aliphatic heterocycles. The van der Waals surface area contributed by atoms with Gasteiger partial charge in [-0.05, 0) is 32.1 Å². The van der Waals surface area contributed by atoms with Crippen LogP contribution in [0.15, 0.2) is 12.4 Å². The van der Waals surface area contributed by atoms with Crippen molar-refractivity contribution < 1.29 is 19.1 Å². The normalized spacial score (nSPS) is 26.5. The summed E-state index contributed by atoms with van der Waals surface area (Å²) in [5.74, 6) is 0.748. The van der Waals surface area contributed by atoms with E-state index in [1.807, 2.05) is 0 Å². The average molecular weight is 334 g/mol. The van der Waals surface area contributed by atoms with Crippen molar-refractivity contribution in [3.8, 4) is 11.8 Å². The average Bonchev–Trinajstić information content (AvgIpc) is 3.03. The molecule has 3 rings (SSSR count). The van der Waals surface area contributed by atoms with Gasteiger partial charge in [-0.2, -0.15) is 4.98 Å². The number of carbonyl (C=O) groups is 2. The molecular weight excluding hydrogens is 312 g/mol. The Hall–Kier alpha value is -2.38. The fourth-order valence-corrected chi connectivity index (χ4v) is 3.09. The van der Waals surface area contributed by atoms with Gasteiger partial charge in [0.25, 0.3) is 0 Å². The standard InChI is InChI=1S/C16H22N4O4/c1-23-14-8-17-9-15(20-14)24-11-4-2-10(3-5-11)18-16(22)12-6-7-13(21)19-12/h8-12H,2-7H2,1H3,(H,18,22)(H,19,21). The SMILES string of the molecule is COc1cncc(OC2CCC(NC(=O)C3CCC(=O)N3)CC2)n1. The predicted octanol–water partition coefficient (Wildman–Crippen LogP) is 0.570. The van der Waals surface area contributed by atoms with Crippen molar-refractivity contribution in [2.45, 2.75) is 56.7 Å². The van der Waals surface area contributed by atoms with Crippen LogP contribution in [0.1, 0.15) is 38.5 Å². The van der Waals surface area contributed by atoms with Crippen molar-refractivity contribution in [1.82, 2.24) is 20.6 Å². The number of aromatic nitrogens is 2. The van der Waals surface area contributed by atoms with Crippen molar-refractivity contribution in [2.24, 2.45) is 0 Å². The Morgan fingerprint density at radius 2 is 1.96 bits per heavy atom. The third-order valence-electron chi connectivity index (χ3n) is 4.42. The number of ether oxygens (including phenoxy) is 2. The van der Waals surface area contributed by atoms with Crippen LogP contribution in [0.4, 0.5) is 0 Å². The summed E-state index contributed by atoms with van der Waals surface area (Å²) in [6, 6.07) is -0.246. The molecule has 2 fully saturated rings. The zero-order valence-electron chi connectivity index (χ0n) is 13.7. The fraction of sp³-hybridized carbons (Fsp3) is 0.625. The highest BCUT2D eigenvalue weighted by Gasteiger charge is 2.30. The largest absolute Gasteiger partial charge is 0.480 e. The topological polar surface area (TPSA) is 102 Å². The van der Waals surface area contributed by atoms with Gasteiger partial charge in [0.05, 0.1) is 19.5 Å². The Labute approximate surface area is 140 Å². The van der Waals surface area contributed by atoms with Gasteiger partial charge in [0.15, 0.2) is 0 Å². The summed E-state index contributed by atoms with van der Waals surface area (Å²) in [4.78, 5) is 31.5. The van der Waals surface area contributed by atoms with Gasteiger partial charge >= 0.3 is 0 Å². The first kappa shape index (κ1) is 16.5. The van der Waals surface area contributed by atoms with Crippen molar-refractivity contribution in [2.75, 3.05) is 7.11 Å². The molecule has 1 saturated carbocycles. The molecule has 2 heterocycles. The van der Waals surface area contributed by atoms with Gasteiger partial charge < -0.3 is 20.1 Å². The first-order valence-electron chi connectivity index (χ1n) is 8.26. The van der Waals surface area contributed by atoms with Crippen LogP contribution in [0, 0.1) is 0 Å². The summed E-state index contributed by atoms with van der Waals surface area (Å²) in [7, 11) is 1.54. The summed E-state index contributed by atoms with van der Waals surface area (Å²) >= 11 is 0. The fourth-order valence-electron chi connectivity index (χ4n) is 3.09. The Morgan fingerprint density at radius 1 is 1.21 bits per heavy atom. The molecule has 2 aliphatic rings. The van der Waals surface area contributed by atoms with Crippen LogP contribution in [0.25, 0.3) is 0 Å². The van der Waals surface area contributed by atoms with Gasteiger partial charge in [0.2, 0.25) is 23.6 Å². The predicted molar refractivity (Wildman–Crippen MR) is 84.6 cm³/mol. The summed E-state index contributed by atoms with van der Waals surface area (Å²) in [6.07, 6.45) is 7.52. The molecule has 2 amide bonds. The molecule has 1 atom stereocenters. The lowest BCUT2D eigenvalue weighted by molar-refractivity contribution is -0.126. The Morgan fingerprint density at radius 3 is 2.62 bits per heavy atom. The van der Waals surface area contributed by atoms with Crippen molar-refractivity contribution in [3.05, 3.63) is 12.4 Å². The minimum atomic E-state index is -0.376. The number of nitrogens with zero attached hydrogens (tertiary/aromatic N) is 2. The second-order valence-electron chi connectivity index (χ2n) is 6.16. The quantitative estimate of drug-likeness (QED) is 0.816. The van der Waals surface area contributed by atoms with E-state index in [0.717, 1.165) is 25.7 Å². The van der Waals surface area contributed by atoms with E-state index in [-0.39, 0.29) is 30.0 Å². The maximum atomic E-state index is 12.1. The van der Waals surface area contributed by atoms with Gasteiger partial charge in [0, 0.05) is 12.5 Å². The van der Waals surface area contributed by atoms with E-state index in [1.54, 1.807) is 6.20 Å². The van der Waals surface area contributed by atoms with Crippen molar-refractivity contribution >= 4 is 11.8 Å². The lowest BCUT2D eigenvalue weighted by Crippen LogP contribution is -2.47. The zero-order chi connectivity index (χ0) is 16.9. The number of nitrogens with one attached hydrogen (secondary N) is 2. The Bertz CT molecular complexity index is 601. The Balaban J connectivity index is 1.43. The second kappa shape index (κ2) is 7.46. The van der Waals surface area contributed by atoms with E-state index >= 15 is 0 Å². The van der Waals surface area contributed by atoms with E-state index in [4.69, 9.17) is 9.47 Å². The van der Waals surface area contributed by atoms with Crippen LogP contribution in [0.5, 0.6) is 11.8 Å². The highest BCUT2D eigenvalue weighted by atomic mass is 16.5. The number of hydrogen-bond acceptors (Lipinski definition) is 6. The Kier molecular flexibility index (Phi) is 5.12. The molecule has 1 unspecified atom stereocenters. The van der Waals surface area contributed by atoms with Crippen molar-refractivity contribution in [3.63, 3.8) is 0 Å². The van der Waals surface area contributed by atoms with Crippen molar-refractivity contribution in [1.29, 1.82) is 0 Å². The molecule has 0 aromatic carbocycles. The van der Waals surface area contributed by atoms with Crippen LogP contribution in [0.2, 0.25) is 0 Å². The van der Waals surface area contributed by atoms with E-state index in [2.05, 4.69) is 20.6 Å². The van der Waals surface area contributed by atoms with Crippen LogP contribution in [-0.2, 0) is 9.59 Å². The van der Waals surface area contributed by atoms with Gasteiger partial charge in [-0.1, -0.05) is 0 Å². The molecular formula is C16H22N4O4. The third-order valence-corrected chi connectivity index (χ3v) is 4.42. The van der Waals surface area contributed by atoms with E-state index in [9.17, 15) is 9.59 Å². The summed E-state index contributed by atoms with van der Waals surface area (Å²) in [5, 5.41) is 5.72.